The number of carbonyl (C=O) groups excluding carboxylic acids is 2. The Morgan fingerprint density at radius 1 is 1.07 bits per heavy atom. The molecule has 1 saturated heterocycles. The highest BCUT2D eigenvalue weighted by Gasteiger charge is 2.33. The number of sulfonamides is 1. The van der Waals surface area contributed by atoms with E-state index < -0.39 is 16.1 Å². The smallest absolute Gasteiger partial charge is 0.244 e. The highest BCUT2D eigenvalue weighted by atomic mass is 32.2. The first-order valence-corrected chi connectivity index (χ1v) is 11.8. The topological polar surface area (TPSA) is 86.8 Å². The fraction of sp³-hybridized carbons (Fsp3) is 0.619. The van der Waals surface area contributed by atoms with Gasteiger partial charge in [-0.3, -0.25) is 9.59 Å². The number of piperazine rings is 1. The molecule has 3 rings (SSSR count). The summed E-state index contributed by atoms with van der Waals surface area (Å²) in [7, 11) is -3.59. The van der Waals surface area contributed by atoms with Crippen molar-refractivity contribution in [3.8, 4) is 0 Å². The number of nitrogens with one attached hydrogen (secondary N) is 1. The predicted octanol–water partition coefficient (Wildman–Crippen LogP) is 1.83. The SMILES string of the molecule is Cc1ccc(C)c(S(=O)(=O)N2CCN(C(=O)[C@H](C)NC(=O)C3CCCC3)CC2)c1. The molecule has 1 aromatic carbocycles. The van der Waals surface area contributed by atoms with Crippen LogP contribution in [0.25, 0.3) is 0 Å². The molecule has 1 N–H and O–H groups in total. The second kappa shape index (κ2) is 8.83. The number of nitrogens with zero attached hydrogens (tertiary/aromatic N) is 2. The number of carbonyl (C=O) groups is 2. The first-order valence-electron chi connectivity index (χ1n) is 10.4. The molecule has 1 aliphatic carbocycles. The first-order chi connectivity index (χ1) is 13.7. The third-order valence-electron chi connectivity index (χ3n) is 5.97. The normalized spacial score (nSPS) is 19.9. The van der Waals surface area contributed by atoms with Crippen LogP contribution in [-0.2, 0) is 19.6 Å². The van der Waals surface area contributed by atoms with Crippen LogP contribution in [0.3, 0.4) is 0 Å². The van der Waals surface area contributed by atoms with E-state index in [0.29, 0.717) is 18.0 Å². The van der Waals surface area contributed by atoms with Crippen molar-refractivity contribution in [3.63, 3.8) is 0 Å². The molecule has 1 saturated carbocycles. The van der Waals surface area contributed by atoms with Crippen molar-refractivity contribution < 1.29 is 18.0 Å². The van der Waals surface area contributed by atoms with Crippen molar-refractivity contribution in [1.82, 2.24) is 14.5 Å². The minimum Gasteiger partial charge on any atom is -0.344 e. The van der Waals surface area contributed by atoms with Gasteiger partial charge in [0.1, 0.15) is 6.04 Å². The maximum Gasteiger partial charge on any atom is 0.244 e. The van der Waals surface area contributed by atoms with Crippen molar-refractivity contribution in [2.24, 2.45) is 5.92 Å². The van der Waals surface area contributed by atoms with E-state index in [1.807, 2.05) is 19.1 Å². The molecule has 29 heavy (non-hydrogen) atoms. The Morgan fingerprint density at radius 3 is 2.31 bits per heavy atom. The molecule has 2 amide bonds. The highest BCUT2D eigenvalue weighted by molar-refractivity contribution is 7.89. The summed E-state index contributed by atoms with van der Waals surface area (Å²) in [5, 5.41) is 2.84. The zero-order valence-corrected chi connectivity index (χ0v) is 18.3. The van der Waals surface area contributed by atoms with Gasteiger partial charge in [0.2, 0.25) is 21.8 Å². The molecule has 160 valence electrons. The molecule has 0 spiro atoms. The van der Waals surface area contributed by atoms with Gasteiger partial charge in [-0.05, 0) is 50.8 Å². The van der Waals surface area contributed by atoms with Crippen LogP contribution in [-0.4, -0.2) is 61.7 Å². The van der Waals surface area contributed by atoms with Gasteiger partial charge in [0.05, 0.1) is 4.90 Å². The van der Waals surface area contributed by atoms with E-state index in [9.17, 15) is 18.0 Å². The van der Waals surface area contributed by atoms with Crippen LogP contribution in [0.1, 0.15) is 43.7 Å². The average Bonchev–Trinajstić information content (AvgIpc) is 3.24. The number of aryl methyl sites for hydroxylation is 2. The molecular weight excluding hydrogens is 390 g/mol. The number of benzene rings is 1. The van der Waals surface area contributed by atoms with Crippen LogP contribution < -0.4 is 5.32 Å². The Bertz CT molecular complexity index is 870. The molecule has 2 aliphatic rings. The van der Waals surface area contributed by atoms with Crippen molar-refractivity contribution in [2.75, 3.05) is 26.2 Å². The summed E-state index contributed by atoms with van der Waals surface area (Å²) in [4.78, 5) is 27.0. The van der Waals surface area contributed by atoms with Gasteiger partial charge in [0.15, 0.2) is 0 Å². The summed E-state index contributed by atoms with van der Waals surface area (Å²) in [6.45, 7) is 6.53. The second-order valence-electron chi connectivity index (χ2n) is 8.21. The van der Waals surface area contributed by atoms with E-state index in [1.165, 1.54) is 4.31 Å². The van der Waals surface area contributed by atoms with Gasteiger partial charge in [0.25, 0.3) is 0 Å². The van der Waals surface area contributed by atoms with Gasteiger partial charge < -0.3 is 10.2 Å². The maximum absolute atomic E-state index is 13.0. The summed E-state index contributed by atoms with van der Waals surface area (Å²) in [6, 6.07) is 4.82. The van der Waals surface area contributed by atoms with Crippen LogP contribution >= 0.6 is 0 Å². The minimum absolute atomic E-state index is 0.0183. The molecule has 1 aliphatic heterocycles. The van der Waals surface area contributed by atoms with E-state index >= 15 is 0 Å². The molecular formula is C21H31N3O4S. The lowest BCUT2D eigenvalue weighted by molar-refractivity contribution is -0.137. The molecule has 0 aromatic heterocycles. The molecule has 0 bridgehead atoms. The Morgan fingerprint density at radius 2 is 1.69 bits per heavy atom. The molecule has 7 nitrogen and oxygen atoms in total. The predicted molar refractivity (Wildman–Crippen MR) is 111 cm³/mol. The molecule has 0 unspecified atom stereocenters. The van der Waals surface area contributed by atoms with Crippen molar-refractivity contribution in [3.05, 3.63) is 29.3 Å². The summed E-state index contributed by atoms with van der Waals surface area (Å²) < 4.78 is 27.5. The first kappa shape index (κ1) is 21.8. The van der Waals surface area contributed by atoms with Crippen molar-refractivity contribution in [1.29, 1.82) is 0 Å². The van der Waals surface area contributed by atoms with E-state index in [1.54, 1.807) is 24.8 Å². The lowest BCUT2D eigenvalue weighted by atomic mass is 10.1. The minimum atomic E-state index is -3.59. The van der Waals surface area contributed by atoms with E-state index in [0.717, 1.165) is 36.8 Å². The van der Waals surface area contributed by atoms with Gasteiger partial charge in [-0.15, -0.1) is 0 Å². The standard InChI is InChI=1S/C21H31N3O4S/c1-15-8-9-16(2)19(14-15)29(27,28)24-12-10-23(11-13-24)21(26)17(3)22-20(25)18-6-4-5-7-18/h8-9,14,17-18H,4-7,10-13H2,1-3H3,(H,22,25)/t17-/m0/s1. The van der Waals surface area contributed by atoms with Crippen molar-refractivity contribution in [2.45, 2.75) is 57.4 Å². The molecule has 1 atom stereocenters. The zero-order chi connectivity index (χ0) is 21.2. The monoisotopic (exact) mass is 421 g/mol. The van der Waals surface area contributed by atoms with Gasteiger partial charge in [-0.25, -0.2) is 8.42 Å². The quantitative estimate of drug-likeness (QED) is 0.786. The lowest BCUT2D eigenvalue weighted by Gasteiger charge is -2.35. The van der Waals surface area contributed by atoms with Crippen LogP contribution in [0.15, 0.2) is 23.1 Å². The van der Waals surface area contributed by atoms with Crippen LogP contribution in [0, 0.1) is 19.8 Å². The summed E-state index contributed by atoms with van der Waals surface area (Å²) in [6.07, 6.45) is 3.91. The van der Waals surface area contributed by atoms with Gasteiger partial charge in [-0.1, -0.05) is 25.0 Å². The summed E-state index contributed by atoms with van der Waals surface area (Å²) in [5.41, 5.74) is 1.62. The second-order valence-corrected chi connectivity index (χ2v) is 10.1. The fourth-order valence-corrected chi connectivity index (χ4v) is 5.86. The summed E-state index contributed by atoms with van der Waals surface area (Å²) >= 11 is 0. The van der Waals surface area contributed by atoms with Gasteiger partial charge in [-0.2, -0.15) is 4.31 Å². The fourth-order valence-electron chi connectivity index (χ4n) is 4.13. The third-order valence-corrected chi connectivity index (χ3v) is 8.01. The number of hydrogen-bond acceptors (Lipinski definition) is 4. The lowest BCUT2D eigenvalue weighted by Crippen LogP contribution is -2.55. The molecule has 1 heterocycles. The molecule has 8 heteroatoms. The number of amides is 2. The van der Waals surface area contributed by atoms with Crippen LogP contribution in [0.2, 0.25) is 0 Å². The highest BCUT2D eigenvalue weighted by Crippen LogP contribution is 2.25. The molecule has 1 aromatic rings. The maximum atomic E-state index is 13.0. The Balaban J connectivity index is 1.58. The van der Waals surface area contributed by atoms with Crippen LogP contribution in [0.4, 0.5) is 0 Å². The number of rotatable bonds is 5. The van der Waals surface area contributed by atoms with E-state index in [2.05, 4.69) is 5.32 Å². The van der Waals surface area contributed by atoms with Gasteiger partial charge >= 0.3 is 0 Å². The molecule has 2 fully saturated rings. The summed E-state index contributed by atoms with van der Waals surface area (Å²) in [5.74, 6) is -0.176. The van der Waals surface area contributed by atoms with E-state index in [-0.39, 0.29) is 30.8 Å². The number of hydrogen-bond donors (Lipinski definition) is 1. The average molecular weight is 422 g/mol. The Hall–Kier alpha value is -1.93. The third kappa shape index (κ3) is 4.80. The van der Waals surface area contributed by atoms with E-state index in [4.69, 9.17) is 0 Å². The largest absolute Gasteiger partial charge is 0.344 e. The van der Waals surface area contributed by atoms with Crippen molar-refractivity contribution >= 4 is 21.8 Å². The molecule has 0 radical (unpaired) electrons. The zero-order valence-electron chi connectivity index (χ0n) is 17.5. The Kier molecular flexibility index (Phi) is 6.63. The Labute approximate surface area is 173 Å². The van der Waals surface area contributed by atoms with Gasteiger partial charge in [0, 0.05) is 32.1 Å². The van der Waals surface area contributed by atoms with Crippen LogP contribution in [0.5, 0.6) is 0 Å².